The molecule has 0 radical (unpaired) electrons. The van der Waals surface area contributed by atoms with E-state index in [-0.39, 0.29) is 22.1 Å². The molecule has 1 heterocycles. The monoisotopic (exact) mass is 379 g/mol. The Bertz CT molecular complexity index is 1030. The second kappa shape index (κ2) is 6.81. The molecule has 130 valence electrons. The number of halogens is 1. The molecule has 0 spiro atoms. The second-order valence-electron chi connectivity index (χ2n) is 5.09. The summed E-state index contributed by atoms with van der Waals surface area (Å²) >= 11 is 1.06. The van der Waals surface area contributed by atoms with Crippen molar-refractivity contribution in [2.24, 2.45) is 0 Å². The maximum absolute atomic E-state index is 13.0. The Morgan fingerprint density at radius 2 is 1.84 bits per heavy atom. The molecule has 0 unspecified atom stereocenters. The number of carbonyl (C=O) groups excluding carboxylic acids is 1. The van der Waals surface area contributed by atoms with E-state index in [4.69, 9.17) is 4.74 Å². The third kappa shape index (κ3) is 3.49. The summed E-state index contributed by atoms with van der Waals surface area (Å²) in [6.07, 6.45) is 0. The van der Waals surface area contributed by atoms with E-state index in [0.717, 1.165) is 23.5 Å². The summed E-state index contributed by atoms with van der Waals surface area (Å²) < 4.78 is 46.8. The second-order valence-corrected chi connectivity index (χ2v) is 7.76. The van der Waals surface area contributed by atoms with Crippen LogP contribution in [0.1, 0.15) is 16.6 Å². The Labute approximate surface area is 148 Å². The average molecular weight is 379 g/mol. The highest BCUT2D eigenvalue weighted by atomic mass is 32.2. The summed E-state index contributed by atoms with van der Waals surface area (Å²) in [5.41, 5.74) is 0.200. The summed E-state index contributed by atoms with van der Waals surface area (Å²) in [6, 6.07) is 11.7. The fraction of sp³-hybridized carbons (Fsp3) is 0.118. The lowest BCUT2D eigenvalue weighted by molar-refractivity contribution is 0.0528. The standard InChI is InChI=1S/C17H14FNO4S2/c1-2-23-17(20)15-16(13-5-3-4-6-14(13)24-15)25(21,22)19-12-9-7-11(18)8-10-12/h3-10,19H,2H2,1H3. The summed E-state index contributed by atoms with van der Waals surface area (Å²) in [5, 5.41) is 0.435. The molecule has 0 aliphatic heterocycles. The van der Waals surface area contributed by atoms with Crippen molar-refractivity contribution < 1.29 is 22.3 Å². The van der Waals surface area contributed by atoms with E-state index in [1.165, 1.54) is 12.1 Å². The van der Waals surface area contributed by atoms with Crippen LogP contribution in [-0.4, -0.2) is 21.0 Å². The first kappa shape index (κ1) is 17.4. The van der Waals surface area contributed by atoms with Crippen LogP contribution in [0, 0.1) is 5.82 Å². The van der Waals surface area contributed by atoms with Gasteiger partial charge in [0.2, 0.25) is 0 Å². The SMILES string of the molecule is CCOC(=O)c1sc2ccccc2c1S(=O)(=O)Nc1ccc(F)cc1. The molecule has 0 aliphatic rings. The van der Waals surface area contributed by atoms with Crippen LogP contribution in [0.15, 0.2) is 53.4 Å². The minimum Gasteiger partial charge on any atom is -0.462 e. The molecule has 0 aliphatic carbocycles. The topological polar surface area (TPSA) is 72.5 Å². The van der Waals surface area contributed by atoms with Crippen molar-refractivity contribution in [1.29, 1.82) is 0 Å². The van der Waals surface area contributed by atoms with E-state index in [9.17, 15) is 17.6 Å². The number of anilines is 1. The Kier molecular flexibility index (Phi) is 4.73. The Hall–Kier alpha value is -2.45. The summed E-state index contributed by atoms with van der Waals surface area (Å²) in [7, 11) is -4.07. The van der Waals surface area contributed by atoms with Gasteiger partial charge >= 0.3 is 5.97 Å². The van der Waals surface area contributed by atoms with E-state index in [1.807, 2.05) is 0 Å². The molecule has 0 amide bonds. The lowest BCUT2D eigenvalue weighted by Crippen LogP contribution is -2.16. The molecule has 0 atom stereocenters. The molecule has 1 N–H and O–H groups in total. The van der Waals surface area contributed by atoms with Gasteiger partial charge in [-0.3, -0.25) is 4.72 Å². The zero-order valence-corrected chi connectivity index (χ0v) is 14.8. The number of hydrogen-bond donors (Lipinski definition) is 1. The van der Waals surface area contributed by atoms with E-state index in [0.29, 0.717) is 10.1 Å². The quantitative estimate of drug-likeness (QED) is 0.680. The van der Waals surface area contributed by atoms with E-state index in [2.05, 4.69) is 4.72 Å². The van der Waals surface area contributed by atoms with Crippen molar-refractivity contribution in [3.05, 3.63) is 59.2 Å². The number of esters is 1. The average Bonchev–Trinajstić information content (AvgIpc) is 2.97. The van der Waals surface area contributed by atoms with Crippen molar-refractivity contribution in [2.75, 3.05) is 11.3 Å². The highest BCUT2D eigenvalue weighted by Gasteiger charge is 2.29. The van der Waals surface area contributed by atoms with Crippen LogP contribution >= 0.6 is 11.3 Å². The fourth-order valence-electron chi connectivity index (χ4n) is 2.34. The van der Waals surface area contributed by atoms with Gasteiger partial charge in [-0.1, -0.05) is 18.2 Å². The van der Waals surface area contributed by atoms with Gasteiger partial charge in [0.15, 0.2) is 0 Å². The smallest absolute Gasteiger partial charge is 0.349 e. The molecule has 3 rings (SSSR count). The van der Waals surface area contributed by atoms with Gasteiger partial charge in [-0.05, 0) is 37.3 Å². The summed E-state index contributed by atoms with van der Waals surface area (Å²) in [4.78, 5) is 12.1. The maximum Gasteiger partial charge on any atom is 0.349 e. The number of sulfonamides is 1. The van der Waals surface area contributed by atoms with Crippen LogP contribution in [0.2, 0.25) is 0 Å². The zero-order chi connectivity index (χ0) is 18.0. The van der Waals surface area contributed by atoms with Crippen LogP contribution in [0.5, 0.6) is 0 Å². The Balaban J connectivity index is 2.13. The molecule has 25 heavy (non-hydrogen) atoms. The van der Waals surface area contributed by atoms with Gasteiger partial charge in [-0.25, -0.2) is 17.6 Å². The van der Waals surface area contributed by atoms with E-state index < -0.39 is 21.8 Å². The van der Waals surface area contributed by atoms with Crippen LogP contribution in [-0.2, 0) is 14.8 Å². The normalized spacial score (nSPS) is 11.4. The van der Waals surface area contributed by atoms with Gasteiger partial charge in [0.25, 0.3) is 10.0 Å². The first-order chi connectivity index (χ1) is 11.9. The lowest BCUT2D eigenvalue weighted by atomic mass is 10.2. The predicted molar refractivity (Wildman–Crippen MR) is 95.0 cm³/mol. The van der Waals surface area contributed by atoms with Crippen LogP contribution in [0.4, 0.5) is 10.1 Å². The molecule has 8 heteroatoms. The number of carbonyl (C=O) groups is 1. The predicted octanol–water partition coefficient (Wildman–Crippen LogP) is 4.02. The summed E-state index contributed by atoms with van der Waals surface area (Å²) in [6.45, 7) is 1.79. The van der Waals surface area contributed by atoms with Crippen LogP contribution in [0.25, 0.3) is 10.1 Å². The van der Waals surface area contributed by atoms with Crippen molar-refractivity contribution in [2.45, 2.75) is 11.8 Å². The molecule has 0 saturated heterocycles. The fourth-order valence-corrected chi connectivity index (χ4v) is 5.20. The summed E-state index contributed by atoms with van der Waals surface area (Å²) in [5.74, 6) is -1.17. The Morgan fingerprint density at radius 1 is 1.16 bits per heavy atom. The minimum atomic E-state index is -4.07. The minimum absolute atomic E-state index is 0.0117. The van der Waals surface area contributed by atoms with Crippen molar-refractivity contribution in [3.63, 3.8) is 0 Å². The van der Waals surface area contributed by atoms with Crippen molar-refractivity contribution in [1.82, 2.24) is 0 Å². The molecular formula is C17H14FNO4S2. The number of rotatable bonds is 5. The van der Waals surface area contributed by atoms with Crippen LogP contribution in [0.3, 0.4) is 0 Å². The van der Waals surface area contributed by atoms with Gasteiger partial charge in [0, 0.05) is 15.8 Å². The van der Waals surface area contributed by atoms with Crippen molar-refractivity contribution in [3.8, 4) is 0 Å². The largest absolute Gasteiger partial charge is 0.462 e. The first-order valence-corrected chi connectivity index (χ1v) is 9.69. The number of benzene rings is 2. The molecule has 0 saturated carbocycles. The number of nitrogens with one attached hydrogen (secondary N) is 1. The maximum atomic E-state index is 13.0. The molecule has 3 aromatic rings. The Morgan fingerprint density at radius 3 is 2.52 bits per heavy atom. The third-order valence-corrected chi connectivity index (χ3v) is 6.12. The number of thiophene rings is 1. The van der Waals surface area contributed by atoms with E-state index in [1.54, 1.807) is 31.2 Å². The first-order valence-electron chi connectivity index (χ1n) is 7.39. The molecule has 0 bridgehead atoms. The highest BCUT2D eigenvalue weighted by Crippen LogP contribution is 2.36. The number of hydrogen-bond acceptors (Lipinski definition) is 5. The molecule has 1 aromatic heterocycles. The van der Waals surface area contributed by atoms with Crippen LogP contribution < -0.4 is 4.72 Å². The molecule has 2 aromatic carbocycles. The highest BCUT2D eigenvalue weighted by molar-refractivity contribution is 7.93. The van der Waals surface area contributed by atoms with Gasteiger partial charge in [-0.2, -0.15) is 0 Å². The van der Waals surface area contributed by atoms with E-state index >= 15 is 0 Å². The molecular weight excluding hydrogens is 365 g/mol. The van der Waals surface area contributed by atoms with Crippen molar-refractivity contribution >= 4 is 43.1 Å². The third-order valence-electron chi connectivity index (χ3n) is 3.38. The lowest BCUT2D eigenvalue weighted by Gasteiger charge is -2.09. The number of ether oxygens (including phenoxy) is 1. The number of fused-ring (bicyclic) bond motifs is 1. The van der Waals surface area contributed by atoms with Gasteiger partial charge < -0.3 is 4.74 Å². The van der Waals surface area contributed by atoms with Gasteiger partial charge in [-0.15, -0.1) is 11.3 Å². The molecule has 5 nitrogen and oxygen atoms in total. The molecule has 0 fully saturated rings. The van der Waals surface area contributed by atoms with Gasteiger partial charge in [0.05, 0.1) is 6.61 Å². The zero-order valence-electron chi connectivity index (χ0n) is 13.2. The van der Waals surface area contributed by atoms with Gasteiger partial charge in [0.1, 0.15) is 15.6 Å².